The molecule has 1 aromatic rings. The zero-order valence-electron chi connectivity index (χ0n) is 12.5. The molecule has 0 bridgehead atoms. The van der Waals surface area contributed by atoms with E-state index in [0.717, 1.165) is 38.9 Å². The zero-order chi connectivity index (χ0) is 15.5. The number of aromatic amines is 1. The van der Waals surface area contributed by atoms with Gasteiger partial charge in [0.2, 0.25) is 5.91 Å². The molecular weight excluding hydrogens is 280 g/mol. The lowest BCUT2D eigenvalue weighted by Gasteiger charge is -2.34. The summed E-state index contributed by atoms with van der Waals surface area (Å²) in [5, 5.41) is 8.84. The summed E-state index contributed by atoms with van der Waals surface area (Å²) < 4.78 is 0. The molecule has 2 aliphatic heterocycles. The van der Waals surface area contributed by atoms with Gasteiger partial charge in [0, 0.05) is 38.8 Å². The molecule has 0 aromatic carbocycles. The maximum atomic E-state index is 12.5. The molecule has 22 heavy (non-hydrogen) atoms. The number of likely N-dealkylation sites (tertiary alicyclic amines) is 2. The van der Waals surface area contributed by atoms with E-state index in [0.29, 0.717) is 30.1 Å². The average molecular weight is 300 g/mol. The first-order chi connectivity index (χ1) is 10.7. The van der Waals surface area contributed by atoms with E-state index in [1.807, 2.05) is 15.9 Å². The molecule has 2 saturated heterocycles. The third-order valence-corrected chi connectivity index (χ3v) is 4.50. The Morgan fingerprint density at radius 3 is 2.95 bits per heavy atom. The van der Waals surface area contributed by atoms with Crippen LogP contribution in [0.2, 0.25) is 0 Å². The van der Waals surface area contributed by atoms with Gasteiger partial charge >= 0.3 is 0 Å². The van der Waals surface area contributed by atoms with Gasteiger partial charge in [-0.2, -0.15) is 5.26 Å². The number of carbonyl (C=O) groups is 2. The van der Waals surface area contributed by atoms with Crippen molar-refractivity contribution in [1.82, 2.24) is 14.8 Å². The van der Waals surface area contributed by atoms with Crippen LogP contribution < -0.4 is 0 Å². The average Bonchev–Trinajstić information content (AvgIpc) is 3.16. The van der Waals surface area contributed by atoms with E-state index in [2.05, 4.69) is 4.98 Å². The van der Waals surface area contributed by atoms with E-state index < -0.39 is 0 Å². The number of piperidine rings is 1. The van der Waals surface area contributed by atoms with Crippen molar-refractivity contribution in [3.8, 4) is 6.07 Å². The van der Waals surface area contributed by atoms with Crippen molar-refractivity contribution in [1.29, 1.82) is 5.26 Å². The lowest BCUT2D eigenvalue weighted by molar-refractivity contribution is -0.128. The second-order valence-corrected chi connectivity index (χ2v) is 6.12. The number of nitriles is 1. The Hall–Kier alpha value is -2.29. The Morgan fingerprint density at radius 2 is 2.27 bits per heavy atom. The standard InChI is InChI=1S/C16H20N4O2/c17-8-13-7-14(18-9-13)16(22)20-6-1-3-12(11-20)10-19-5-2-4-15(19)21/h7,9,12,18H,1-6,10-11H2/t12-/m0/s1. The van der Waals surface area contributed by atoms with Crippen LogP contribution in [0, 0.1) is 17.2 Å². The van der Waals surface area contributed by atoms with Gasteiger partial charge in [-0.3, -0.25) is 9.59 Å². The molecule has 0 aliphatic carbocycles. The van der Waals surface area contributed by atoms with Gasteiger partial charge in [-0.1, -0.05) is 0 Å². The molecule has 2 amide bonds. The SMILES string of the molecule is N#Cc1c[nH]c(C(=O)N2CCC[C@@H](CN3CCCC3=O)C2)c1. The first-order valence-electron chi connectivity index (χ1n) is 7.83. The van der Waals surface area contributed by atoms with Crippen LogP contribution in [-0.2, 0) is 4.79 Å². The van der Waals surface area contributed by atoms with Gasteiger partial charge < -0.3 is 14.8 Å². The Bertz CT molecular complexity index is 616. The van der Waals surface area contributed by atoms with Crippen molar-refractivity contribution in [3.05, 3.63) is 23.5 Å². The fourth-order valence-electron chi connectivity index (χ4n) is 3.36. The van der Waals surface area contributed by atoms with Crippen molar-refractivity contribution < 1.29 is 9.59 Å². The van der Waals surface area contributed by atoms with Gasteiger partial charge in [-0.25, -0.2) is 0 Å². The van der Waals surface area contributed by atoms with Crippen LogP contribution in [0.25, 0.3) is 0 Å². The van der Waals surface area contributed by atoms with E-state index in [1.54, 1.807) is 12.3 Å². The number of amides is 2. The van der Waals surface area contributed by atoms with E-state index in [1.165, 1.54) is 0 Å². The highest BCUT2D eigenvalue weighted by molar-refractivity contribution is 5.93. The number of aromatic nitrogens is 1. The molecule has 0 radical (unpaired) electrons. The monoisotopic (exact) mass is 300 g/mol. The van der Waals surface area contributed by atoms with Crippen LogP contribution in [-0.4, -0.2) is 52.8 Å². The number of hydrogen-bond acceptors (Lipinski definition) is 3. The highest BCUT2D eigenvalue weighted by Crippen LogP contribution is 2.22. The van der Waals surface area contributed by atoms with Crippen LogP contribution in [0.1, 0.15) is 41.7 Å². The van der Waals surface area contributed by atoms with Crippen LogP contribution in [0.4, 0.5) is 0 Å². The molecule has 1 N–H and O–H groups in total. The third kappa shape index (κ3) is 2.98. The van der Waals surface area contributed by atoms with E-state index in [-0.39, 0.29) is 11.8 Å². The highest BCUT2D eigenvalue weighted by Gasteiger charge is 2.29. The van der Waals surface area contributed by atoms with E-state index >= 15 is 0 Å². The predicted molar refractivity (Wildman–Crippen MR) is 79.9 cm³/mol. The molecule has 2 fully saturated rings. The Labute approximate surface area is 129 Å². The minimum absolute atomic E-state index is 0.0565. The summed E-state index contributed by atoms with van der Waals surface area (Å²) in [7, 11) is 0. The first-order valence-corrected chi connectivity index (χ1v) is 7.83. The number of rotatable bonds is 3. The lowest BCUT2D eigenvalue weighted by atomic mass is 9.97. The van der Waals surface area contributed by atoms with Crippen LogP contribution >= 0.6 is 0 Å². The Balaban J connectivity index is 1.61. The topological polar surface area (TPSA) is 80.2 Å². The van der Waals surface area contributed by atoms with Crippen molar-refractivity contribution in [2.24, 2.45) is 5.92 Å². The Kier molecular flexibility index (Phi) is 4.14. The molecule has 2 aliphatic rings. The van der Waals surface area contributed by atoms with Gasteiger partial charge in [-0.05, 0) is 31.2 Å². The summed E-state index contributed by atoms with van der Waals surface area (Å²) in [6.45, 7) is 3.04. The molecule has 1 aromatic heterocycles. The molecule has 1 atom stereocenters. The molecule has 0 spiro atoms. The molecule has 3 rings (SSSR count). The second-order valence-electron chi connectivity index (χ2n) is 6.12. The highest BCUT2D eigenvalue weighted by atomic mass is 16.2. The van der Waals surface area contributed by atoms with E-state index in [9.17, 15) is 9.59 Å². The van der Waals surface area contributed by atoms with Crippen molar-refractivity contribution in [3.63, 3.8) is 0 Å². The zero-order valence-corrected chi connectivity index (χ0v) is 12.5. The first kappa shape index (κ1) is 14.6. The number of carbonyl (C=O) groups excluding carboxylic acids is 2. The fourth-order valence-corrected chi connectivity index (χ4v) is 3.36. The van der Waals surface area contributed by atoms with Crippen LogP contribution in [0.15, 0.2) is 12.3 Å². The quantitative estimate of drug-likeness (QED) is 0.915. The summed E-state index contributed by atoms with van der Waals surface area (Å²) in [5.41, 5.74) is 0.939. The Morgan fingerprint density at radius 1 is 1.41 bits per heavy atom. The maximum Gasteiger partial charge on any atom is 0.270 e. The number of nitrogens with zero attached hydrogens (tertiary/aromatic N) is 3. The van der Waals surface area contributed by atoms with Crippen molar-refractivity contribution >= 4 is 11.8 Å². The number of hydrogen-bond donors (Lipinski definition) is 1. The smallest absolute Gasteiger partial charge is 0.270 e. The summed E-state index contributed by atoms with van der Waals surface area (Å²) in [6, 6.07) is 3.61. The lowest BCUT2D eigenvalue weighted by Crippen LogP contribution is -2.44. The summed E-state index contributed by atoms with van der Waals surface area (Å²) in [6.07, 6.45) is 5.19. The fraction of sp³-hybridized carbons (Fsp3) is 0.562. The minimum Gasteiger partial charge on any atom is -0.356 e. The second kappa shape index (κ2) is 6.22. The van der Waals surface area contributed by atoms with Gasteiger partial charge in [-0.15, -0.1) is 0 Å². The van der Waals surface area contributed by atoms with Crippen molar-refractivity contribution in [2.45, 2.75) is 25.7 Å². The van der Waals surface area contributed by atoms with E-state index in [4.69, 9.17) is 5.26 Å². The van der Waals surface area contributed by atoms with Gasteiger partial charge in [0.15, 0.2) is 0 Å². The molecule has 116 valence electrons. The summed E-state index contributed by atoms with van der Waals surface area (Å²) >= 11 is 0. The normalized spacial score (nSPS) is 22.0. The molecule has 6 heteroatoms. The molecule has 6 nitrogen and oxygen atoms in total. The summed E-state index contributed by atoms with van der Waals surface area (Å²) in [5.74, 6) is 0.538. The molecule has 3 heterocycles. The minimum atomic E-state index is -0.0565. The van der Waals surface area contributed by atoms with Gasteiger partial charge in [0.25, 0.3) is 5.91 Å². The van der Waals surface area contributed by atoms with Crippen LogP contribution in [0.5, 0.6) is 0 Å². The number of H-pyrrole nitrogens is 1. The maximum absolute atomic E-state index is 12.5. The van der Waals surface area contributed by atoms with Gasteiger partial charge in [0.05, 0.1) is 5.56 Å². The molecule has 0 saturated carbocycles. The third-order valence-electron chi connectivity index (χ3n) is 4.50. The molecular formula is C16H20N4O2. The van der Waals surface area contributed by atoms with Gasteiger partial charge in [0.1, 0.15) is 11.8 Å². The largest absolute Gasteiger partial charge is 0.356 e. The van der Waals surface area contributed by atoms with Crippen molar-refractivity contribution in [2.75, 3.05) is 26.2 Å². The summed E-state index contributed by atoms with van der Waals surface area (Å²) in [4.78, 5) is 30.8. The van der Waals surface area contributed by atoms with Crippen LogP contribution in [0.3, 0.4) is 0 Å². The molecule has 0 unspecified atom stereocenters. The number of nitrogens with one attached hydrogen (secondary N) is 1. The predicted octanol–water partition coefficient (Wildman–Crippen LogP) is 1.36.